The van der Waals surface area contributed by atoms with Gasteiger partial charge in [-0.2, -0.15) is 18.3 Å². The summed E-state index contributed by atoms with van der Waals surface area (Å²) in [5.41, 5.74) is 6.91. The van der Waals surface area contributed by atoms with Gasteiger partial charge in [0.05, 0.1) is 46.6 Å². The van der Waals surface area contributed by atoms with Gasteiger partial charge in [0, 0.05) is 25.2 Å². The molecule has 0 atom stereocenters. The number of hydrogen-bond donors (Lipinski definition) is 1. The van der Waals surface area contributed by atoms with E-state index in [0.29, 0.717) is 34.3 Å². The van der Waals surface area contributed by atoms with Gasteiger partial charge in [0.25, 0.3) is 5.91 Å². The van der Waals surface area contributed by atoms with Crippen LogP contribution in [0.1, 0.15) is 28.7 Å². The van der Waals surface area contributed by atoms with Crippen LogP contribution in [0.15, 0.2) is 36.8 Å². The average Bonchev–Trinajstić information content (AvgIpc) is 3.13. The average molecular weight is 429 g/mol. The number of hydrogen-bond acceptors (Lipinski definition) is 6. The fourth-order valence-electron chi connectivity index (χ4n) is 3.35. The second-order valence-electron chi connectivity index (χ2n) is 6.97. The van der Waals surface area contributed by atoms with E-state index in [4.69, 9.17) is 5.73 Å². The van der Waals surface area contributed by atoms with Crippen molar-refractivity contribution in [1.29, 1.82) is 0 Å². The van der Waals surface area contributed by atoms with Gasteiger partial charge in [-0.15, -0.1) is 0 Å². The SMILES string of the molecule is CCN(Cc1ccc(C(F)(F)F)cn1)C(=O)c1cc2c(cn1)nc(N)c1cnn(C)c12. The van der Waals surface area contributed by atoms with E-state index in [1.165, 1.54) is 17.2 Å². The summed E-state index contributed by atoms with van der Waals surface area (Å²) in [5, 5.41) is 5.55. The van der Waals surface area contributed by atoms with E-state index in [-0.39, 0.29) is 18.1 Å². The molecule has 31 heavy (non-hydrogen) atoms. The Morgan fingerprint density at radius 2 is 1.94 bits per heavy atom. The van der Waals surface area contributed by atoms with Crippen molar-refractivity contribution < 1.29 is 18.0 Å². The van der Waals surface area contributed by atoms with Gasteiger partial charge in [0.2, 0.25) is 0 Å². The highest BCUT2D eigenvalue weighted by Crippen LogP contribution is 2.29. The lowest BCUT2D eigenvalue weighted by Gasteiger charge is -2.20. The topological polar surface area (TPSA) is 103 Å². The fraction of sp³-hybridized carbons (Fsp3) is 0.250. The number of halogens is 3. The summed E-state index contributed by atoms with van der Waals surface area (Å²) < 4.78 is 39.9. The van der Waals surface area contributed by atoms with Crippen LogP contribution in [0.5, 0.6) is 0 Å². The molecule has 4 aromatic heterocycles. The summed E-state index contributed by atoms with van der Waals surface area (Å²) >= 11 is 0. The maximum absolute atomic E-state index is 13.1. The highest BCUT2D eigenvalue weighted by Gasteiger charge is 2.30. The molecule has 11 heteroatoms. The minimum atomic E-state index is -4.46. The Labute approximate surface area is 174 Å². The van der Waals surface area contributed by atoms with Crippen molar-refractivity contribution in [3.63, 3.8) is 0 Å². The zero-order valence-electron chi connectivity index (χ0n) is 16.7. The monoisotopic (exact) mass is 429 g/mol. The van der Waals surface area contributed by atoms with Gasteiger partial charge in [-0.3, -0.25) is 14.5 Å². The van der Waals surface area contributed by atoms with Crippen LogP contribution in [0.25, 0.3) is 21.8 Å². The number of fused-ring (bicyclic) bond motifs is 3. The third-order valence-corrected chi connectivity index (χ3v) is 4.99. The second-order valence-corrected chi connectivity index (χ2v) is 6.97. The van der Waals surface area contributed by atoms with Gasteiger partial charge in [-0.05, 0) is 25.1 Å². The number of amides is 1. The van der Waals surface area contributed by atoms with Gasteiger partial charge in [-0.1, -0.05) is 0 Å². The van der Waals surface area contributed by atoms with Gasteiger partial charge < -0.3 is 10.6 Å². The third kappa shape index (κ3) is 3.74. The zero-order valence-corrected chi connectivity index (χ0v) is 16.7. The predicted octanol–water partition coefficient (Wildman–Crippen LogP) is 3.17. The highest BCUT2D eigenvalue weighted by molar-refractivity contribution is 6.09. The van der Waals surface area contributed by atoms with Crippen LogP contribution in [-0.4, -0.2) is 42.1 Å². The van der Waals surface area contributed by atoms with E-state index in [2.05, 4.69) is 20.1 Å². The molecule has 4 heterocycles. The van der Waals surface area contributed by atoms with Gasteiger partial charge in [0.1, 0.15) is 11.5 Å². The largest absolute Gasteiger partial charge is 0.417 e. The molecule has 0 aliphatic rings. The van der Waals surface area contributed by atoms with Gasteiger partial charge in [0.15, 0.2) is 0 Å². The van der Waals surface area contributed by atoms with E-state index in [0.717, 1.165) is 17.8 Å². The molecule has 8 nitrogen and oxygen atoms in total. The lowest BCUT2D eigenvalue weighted by molar-refractivity contribution is -0.137. The van der Waals surface area contributed by atoms with Crippen LogP contribution in [-0.2, 0) is 19.8 Å². The van der Waals surface area contributed by atoms with Crippen LogP contribution in [0.3, 0.4) is 0 Å². The molecule has 0 aliphatic carbocycles. The summed E-state index contributed by atoms with van der Waals surface area (Å²) in [6, 6.07) is 3.83. The van der Waals surface area contributed by atoms with E-state index >= 15 is 0 Å². The molecule has 0 radical (unpaired) electrons. The number of carbonyl (C=O) groups is 1. The number of alkyl halides is 3. The van der Waals surface area contributed by atoms with Crippen molar-refractivity contribution in [1.82, 2.24) is 29.6 Å². The van der Waals surface area contributed by atoms with Crippen LogP contribution in [0.2, 0.25) is 0 Å². The summed E-state index contributed by atoms with van der Waals surface area (Å²) in [5.74, 6) is -0.0571. The molecular formula is C20H18F3N7O. The molecule has 4 aromatic rings. The number of pyridine rings is 3. The smallest absolute Gasteiger partial charge is 0.383 e. The van der Waals surface area contributed by atoms with Crippen molar-refractivity contribution >= 4 is 33.5 Å². The van der Waals surface area contributed by atoms with Crippen molar-refractivity contribution in [2.45, 2.75) is 19.6 Å². The summed E-state index contributed by atoms with van der Waals surface area (Å²) in [4.78, 5) is 26.9. The number of anilines is 1. The first-order chi connectivity index (χ1) is 14.7. The zero-order chi connectivity index (χ0) is 22.3. The Morgan fingerprint density at radius 1 is 1.16 bits per heavy atom. The van der Waals surface area contributed by atoms with Crippen LogP contribution < -0.4 is 5.73 Å². The summed E-state index contributed by atoms with van der Waals surface area (Å²) in [6.07, 6.45) is -0.629. The molecule has 0 spiro atoms. The van der Waals surface area contributed by atoms with Crippen LogP contribution in [0.4, 0.5) is 19.0 Å². The quantitative estimate of drug-likeness (QED) is 0.535. The first-order valence-electron chi connectivity index (χ1n) is 9.37. The Hall–Kier alpha value is -3.76. The molecule has 160 valence electrons. The number of nitrogen functional groups attached to an aromatic ring is 1. The Balaban J connectivity index is 1.66. The number of carbonyl (C=O) groups excluding carboxylic acids is 1. The normalized spacial score (nSPS) is 11.9. The molecule has 0 fully saturated rings. The number of aromatic nitrogens is 5. The van der Waals surface area contributed by atoms with E-state index in [1.807, 2.05) is 0 Å². The van der Waals surface area contributed by atoms with E-state index in [9.17, 15) is 18.0 Å². The first-order valence-corrected chi connectivity index (χ1v) is 9.37. The molecule has 1 amide bonds. The molecule has 4 rings (SSSR count). The molecule has 0 saturated carbocycles. The maximum atomic E-state index is 13.1. The number of rotatable bonds is 4. The molecule has 2 N–H and O–H groups in total. The van der Waals surface area contributed by atoms with Crippen molar-refractivity contribution in [2.24, 2.45) is 7.05 Å². The molecule has 0 aliphatic heterocycles. The van der Waals surface area contributed by atoms with Gasteiger partial charge >= 0.3 is 6.18 Å². The molecule has 0 saturated heterocycles. The predicted molar refractivity (Wildman–Crippen MR) is 108 cm³/mol. The highest BCUT2D eigenvalue weighted by atomic mass is 19.4. The van der Waals surface area contributed by atoms with Crippen molar-refractivity contribution in [3.8, 4) is 0 Å². The Bertz CT molecular complexity index is 1280. The van der Waals surface area contributed by atoms with Crippen LogP contribution in [0, 0.1) is 0 Å². The number of nitrogens with two attached hydrogens (primary N) is 1. The molecule has 0 unspecified atom stereocenters. The molecule has 0 aromatic carbocycles. The van der Waals surface area contributed by atoms with E-state index in [1.54, 1.807) is 30.9 Å². The lowest BCUT2D eigenvalue weighted by Crippen LogP contribution is -2.31. The maximum Gasteiger partial charge on any atom is 0.417 e. The first kappa shape index (κ1) is 20.5. The second kappa shape index (κ2) is 7.49. The van der Waals surface area contributed by atoms with Crippen LogP contribution >= 0.6 is 0 Å². The van der Waals surface area contributed by atoms with Crippen molar-refractivity contribution in [3.05, 3.63) is 53.7 Å². The minimum absolute atomic E-state index is 0.0499. The van der Waals surface area contributed by atoms with Crippen molar-refractivity contribution in [2.75, 3.05) is 12.3 Å². The molecule has 0 bridgehead atoms. The lowest BCUT2D eigenvalue weighted by atomic mass is 10.1. The Morgan fingerprint density at radius 3 is 2.58 bits per heavy atom. The fourth-order valence-corrected chi connectivity index (χ4v) is 3.35. The number of nitrogens with zero attached hydrogens (tertiary/aromatic N) is 6. The standard InChI is InChI=1S/C20H18F3N7O/c1-3-30(10-12-5-4-11(7-25-12)20(21,22)23)19(31)15-6-13-16(9-26-15)28-18(24)14-8-27-29(2)17(13)14/h4-9H,3,10H2,1-2H3,(H2,24,28). The van der Waals surface area contributed by atoms with Gasteiger partial charge in [-0.25, -0.2) is 9.97 Å². The third-order valence-electron chi connectivity index (χ3n) is 4.99. The Kier molecular flexibility index (Phi) is 4.96. The summed E-state index contributed by atoms with van der Waals surface area (Å²) in [7, 11) is 1.76. The minimum Gasteiger partial charge on any atom is -0.383 e. The molecular weight excluding hydrogens is 411 g/mol. The summed E-state index contributed by atoms with van der Waals surface area (Å²) in [6.45, 7) is 2.14. The van der Waals surface area contributed by atoms with E-state index < -0.39 is 11.7 Å². The number of aryl methyl sites for hydroxylation is 1.